The molecule has 3 amide bonds. The highest BCUT2D eigenvalue weighted by atomic mass is 16.4. The number of anilines is 1. The fourth-order valence-corrected chi connectivity index (χ4v) is 2.93. The third kappa shape index (κ3) is 5.48. The molecular formula is C18H25N3O4. The van der Waals surface area contributed by atoms with Crippen molar-refractivity contribution in [3.8, 4) is 0 Å². The van der Waals surface area contributed by atoms with Crippen LogP contribution >= 0.6 is 0 Å². The molecule has 0 heterocycles. The molecule has 0 bridgehead atoms. The Morgan fingerprint density at radius 3 is 2.36 bits per heavy atom. The summed E-state index contributed by atoms with van der Waals surface area (Å²) in [6, 6.07) is 7.11. The van der Waals surface area contributed by atoms with Gasteiger partial charge in [0.1, 0.15) is 0 Å². The molecule has 7 heteroatoms. The van der Waals surface area contributed by atoms with Crippen molar-refractivity contribution in [2.24, 2.45) is 11.8 Å². The summed E-state index contributed by atoms with van der Waals surface area (Å²) in [6.07, 6.45) is 2.34. The molecule has 0 radical (unpaired) electrons. The smallest absolute Gasteiger partial charge is 0.321 e. The van der Waals surface area contributed by atoms with Gasteiger partial charge in [0, 0.05) is 32.2 Å². The van der Waals surface area contributed by atoms with Crippen molar-refractivity contribution in [3.63, 3.8) is 0 Å². The lowest BCUT2D eigenvalue weighted by atomic mass is 9.81. The molecule has 136 valence electrons. The quantitative estimate of drug-likeness (QED) is 0.761. The van der Waals surface area contributed by atoms with Crippen LogP contribution in [-0.4, -0.2) is 42.0 Å². The van der Waals surface area contributed by atoms with E-state index in [4.69, 9.17) is 5.11 Å². The molecule has 1 aromatic carbocycles. The molecule has 0 saturated heterocycles. The van der Waals surface area contributed by atoms with Crippen LogP contribution in [0.3, 0.4) is 0 Å². The van der Waals surface area contributed by atoms with E-state index in [2.05, 4.69) is 10.6 Å². The monoisotopic (exact) mass is 347 g/mol. The fourth-order valence-electron chi connectivity index (χ4n) is 2.93. The van der Waals surface area contributed by atoms with Crippen molar-refractivity contribution < 1.29 is 19.5 Å². The minimum absolute atomic E-state index is 0.0356. The predicted octanol–water partition coefficient (Wildman–Crippen LogP) is 2.29. The highest BCUT2D eigenvalue weighted by Gasteiger charge is 2.29. The number of benzene rings is 1. The fraction of sp³-hybridized carbons (Fsp3) is 0.500. The Balaban J connectivity index is 1.84. The van der Waals surface area contributed by atoms with Gasteiger partial charge in [-0.15, -0.1) is 0 Å². The number of nitrogens with one attached hydrogen (secondary N) is 2. The summed E-state index contributed by atoms with van der Waals surface area (Å²) in [5.41, 5.74) is 1.57. The number of carbonyl (C=O) groups excluding carboxylic acids is 2. The number of amides is 3. The number of nitrogens with zero attached hydrogens (tertiary/aromatic N) is 1. The van der Waals surface area contributed by atoms with Crippen molar-refractivity contribution in [1.82, 2.24) is 10.2 Å². The molecule has 1 saturated carbocycles. The van der Waals surface area contributed by atoms with Gasteiger partial charge in [0.25, 0.3) is 0 Å². The molecule has 3 N–H and O–H groups in total. The zero-order valence-electron chi connectivity index (χ0n) is 14.6. The number of rotatable bonds is 5. The SMILES string of the molecule is CN(C)C(=O)Nc1cccc(CNC(=O)C2CCC(C(=O)O)CC2)c1. The van der Waals surface area contributed by atoms with Gasteiger partial charge in [-0.05, 0) is 43.4 Å². The van der Waals surface area contributed by atoms with Gasteiger partial charge in [0.05, 0.1) is 5.92 Å². The highest BCUT2D eigenvalue weighted by Crippen LogP contribution is 2.29. The summed E-state index contributed by atoms with van der Waals surface area (Å²) in [5, 5.41) is 14.7. The molecular weight excluding hydrogens is 322 g/mol. The first-order chi connectivity index (χ1) is 11.9. The van der Waals surface area contributed by atoms with Crippen molar-refractivity contribution in [3.05, 3.63) is 29.8 Å². The van der Waals surface area contributed by atoms with Crippen LogP contribution in [0.2, 0.25) is 0 Å². The molecule has 25 heavy (non-hydrogen) atoms. The average Bonchev–Trinajstić information content (AvgIpc) is 2.60. The van der Waals surface area contributed by atoms with Crippen molar-refractivity contribution in [2.75, 3.05) is 19.4 Å². The van der Waals surface area contributed by atoms with Gasteiger partial charge in [-0.25, -0.2) is 4.79 Å². The van der Waals surface area contributed by atoms with Crippen molar-refractivity contribution >= 4 is 23.6 Å². The first kappa shape index (κ1) is 18.8. The van der Waals surface area contributed by atoms with E-state index >= 15 is 0 Å². The lowest BCUT2D eigenvalue weighted by Gasteiger charge is -2.25. The van der Waals surface area contributed by atoms with Gasteiger partial charge in [-0.3, -0.25) is 9.59 Å². The summed E-state index contributed by atoms with van der Waals surface area (Å²) < 4.78 is 0. The lowest BCUT2D eigenvalue weighted by molar-refractivity contribution is -0.144. The molecule has 7 nitrogen and oxygen atoms in total. The van der Waals surface area contributed by atoms with Gasteiger partial charge in [-0.2, -0.15) is 0 Å². The normalized spacial score (nSPS) is 19.8. The molecule has 1 aliphatic rings. The van der Waals surface area contributed by atoms with Crippen LogP contribution in [0, 0.1) is 11.8 Å². The summed E-state index contributed by atoms with van der Waals surface area (Å²) in [4.78, 5) is 36.3. The van der Waals surface area contributed by atoms with Crippen LogP contribution < -0.4 is 10.6 Å². The highest BCUT2D eigenvalue weighted by molar-refractivity contribution is 5.89. The molecule has 1 fully saturated rings. The van der Waals surface area contributed by atoms with Gasteiger partial charge >= 0.3 is 12.0 Å². The van der Waals surface area contributed by atoms with E-state index in [9.17, 15) is 14.4 Å². The Kier molecular flexibility index (Phi) is 6.38. The number of carboxylic acids is 1. The van der Waals surface area contributed by atoms with E-state index < -0.39 is 5.97 Å². The Hall–Kier alpha value is -2.57. The number of carbonyl (C=O) groups is 3. The first-order valence-corrected chi connectivity index (χ1v) is 8.44. The number of urea groups is 1. The van der Waals surface area contributed by atoms with Crippen molar-refractivity contribution in [1.29, 1.82) is 0 Å². The van der Waals surface area contributed by atoms with Crippen LogP contribution in [-0.2, 0) is 16.1 Å². The second-order valence-corrected chi connectivity index (χ2v) is 6.63. The third-order valence-electron chi connectivity index (χ3n) is 4.50. The van der Waals surface area contributed by atoms with Crippen LogP contribution in [0.25, 0.3) is 0 Å². The number of carboxylic acid groups (broad SMARTS) is 1. The third-order valence-corrected chi connectivity index (χ3v) is 4.50. The van der Waals surface area contributed by atoms with Gasteiger partial charge < -0.3 is 20.6 Å². The molecule has 2 rings (SSSR count). The second-order valence-electron chi connectivity index (χ2n) is 6.63. The van der Waals surface area contributed by atoms with E-state index in [1.165, 1.54) is 4.90 Å². The van der Waals surface area contributed by atoms with E-state index in [1.807, 2.05) is 18.2 Å². The van der Waals surface area contributed by atoms with E-state index in [0.717, 1.165) is 5.56 Å². The number of hydrogen-bond acceptors (Lipinski definition) is 3. The Morgan fingerprint density at radius 2 is 1.76 bits per heavy atom. The average molecular weight is 347 g/mol. The lowest BCUT2D eigenvalue weighted by Crippen LogP contribution is -2.34. The Morgan fingerprint density at radius 1 is 1.12 bits per heavy atom. The Labute approximate surface area is 147 Å². The largest absolute Gasteiger partial charge is 0.481 e. The van der Waals surface area contributed by atoms with Crippen LogP contribution in [0.15, 0.2) is 24.3 Å². The summed E-state index contributed by atoms with van der Waals surface area (Å²) >= 11 is 0. The van der Waals surface area contributed by atoms with Crippen LogP contribution in [0.1, 0.15) is 31.2 Å². The number of hydrogen-bond donors (Lipinski definition) is 3. The molecule has 0 aromatic heterocycles. The minimum Gasteiger partial charge on any atom is -0.481 e. The zero-order chi connectivity index (χ0) is 18.4. The van der Waals surface area contributed by atoms with Gasteiger partial charge in [0.15, 0.2) is 0 Å². The van der Waals surface area contributed by atoms with E-state index in [0.29, 0.717) is 37.9 Å². The maximum Gasteiger partial charge on any atom is 0.321 e. The van der Waals surface area contributed by atoms with Gasteiger partial charge in [-0.1, -0.05) is 12.1 Å². The topological polar surface area (TPSA) is 98.7 Å². The molecule has 0 atom stereocenters. The maximum atomic E-state index is 12.3. The summed E-state index contributed by atoms with van der Waals surface area (Å²) in [6.45, 7) is 0.378. The van der Waals surface area contributed by atoms with E-state index in [1.54, 1.807) is 20.2 Å². The molecule has 1 aromatic rings. The summed E-state index contributed by atoms with van der Waals surface area (Å²) in [7, 11) is 3.33. The van der Waals surface area contributed by atoms with Crippen molar-refractivity contribution in [2.45, 2.75) is 32.2 Å². The molecule has 0 unspecified atom stereocenters. The number of aliphatic carboxylic acids is 1. The van der Waals surface area contributed by atoms with E-state index in [-0.39, 0.29) is 23.8 Å². The molecule has 1 aliphatic carbocycles. The zero-order valence-corrected chi connectivity index (χ0v) is 14.6. The second kappa shape index (κ2) is 8.50. The minimum atomic E-state index is -0.768. The molecule has 0 spiro atoms. The predicted molar refractivity (Wildman–Crippen MR) is 94.1 cm³/mol. The molecule has 0 aliphatic heterocycles. The summed E-state index contributed by atoms with van der Waals surface area (Å²) in [5.74, 6) is -1.24. The maximum absolute atomic E-state index is 12.3. The van der Waals surface area contributed by atoms with Gasteiger partial charge in [0.2, 0.25) is 5.91 Å². The Bertz CT molecular complexity index is 637. The van der Waals surface area contributed by atoms with Crippen LogP contribution in [0.5, 0.6) is 0 Å². The van der Waals surface area contributed by atoms with Crippen LogP contribution in [0.4, 0.5) is 10.5 Å². The first-order valence-electron chi connectivity index (χ1n) is 8.44. The standard InChI is InChI=1S/C18H25N3O4/c1-21(2)18(25)20-15-5-3-4-12(10-15)11-19-16(22)13-6-8-14(9-7-13)17(23)24/h3-5,10,13-14H,6-9,11H2,1-2H3,(H,19,22)(H,20,25)(H,23,24).